The number of sulfonamides is 1. The molecule has 1 heterocycles. The highest BCUT2D eigenvalue weighted by atomic mass is 32.2. The van der Waals surface area contributed by atoms with Crippen molar-refractivity contribution in [2.45, 2.75) is 32.6 Å². The zero-order chi connectivity index (χ0) is 23.0. The van der Waals surface area contributed by atoms with Gasteiger partial charge in [-0.25, -0.2) is 13.4 Å². The first-order chi connectivity index (χ1) is 15.4. The molecule has 0 amide bonds. The third kappa shape index (κ3) is 3.43. The average Bonchev–Trinajstić information content (AvgIpc) is 2.79. The van der Waals surface area contributed by atoms with E-state index >= 15 is 0 Å². The molecular weight excluding hydrogens is 426 g/mol. The fourth-order valence-electron chi connectivity index (χ4n) is 4.17. The second-order valence-electron chi connectivity index (χ2n) is 7.51. The van der Waals surface area contributed by atoms with Gasteiger partial charge in [-0.05, 0) is 26.0 Å². The van der Waals surface area contributed by atoms with E-state index in [0.717, 1.165) is 18.8 Å². The van der Waals surface area contributed by atoms with Crippen molar-refractivity contribution in [2.24, 2.45) is 0 Å². The van der Waals surface area contributed by atoms with E-state index in [-0.39, 0.29) is 23.7 Å². The third-order valence-electron chi connectivity index (χ3n) is 5.87. The molecule has 168 valence electrons. The molecule has 32 heavy (non-hydrogen) atoms. The predicted molar refractivity (Wildman–Crippen MR) is 128 cm³/mol. The molecule has 0 unspecified atom stereocenters. The normalized spacial score (nSPS) is 12.3. The summed E-state index contributed by atoms with van der Waals surface area (Å²) >= 11 is 0. The summed E-state index contributed by atoms with van der Waals surface area (Å²) in [5, 5.41) is 0.886. The summed E-state index contributed by atoms with van der Waals surface area (Å²) < 4.78 is 34.5. The van der Waals surface area contributed by atoms with Crippen LogP contribution in [0.1, 0.15) is 27.7 Å². The number of nitrogens with zero attached hydrogens (tertiary/aromatic N) is 3. The van der Waals surface area contributed by atoms with Gasteiger partial charge in [0.2, 0.25) is 5.43 Å². The van der Waals surface area contributed by atoms with Crippen LogP contribution in [0.4, 0.5) is 5.69 Å². The molecule has 0 atom stereocenters. The van der Waals surface area contributed by atoms with Crippen molar-refractivity contribution in [3.8, 4) is 11.5 Å². The number of aromatic nitrogens is 1. The average molecular weight is 454 g/mol. The van der Waals surface area contributed by atoms with Gasteiger partial charge in [-0.1, -0.05) is 38.1 Å². The molecule has 0 saturated carbocycles. The summed E-state index contributed by atoms with van der Waals surface area (Å²) in [5.74, 6) is 0.00444. The van der Waals surface area contributed by atoms with Crippen molar-refractivity contribution in [3.63, 3.8) is 0 Å². The largest absolute Gasteiger partial charge is 0.451 e. The Morgan fingerprint density at radius 3 is 2.19 bits per heavy atom. The number of rotatable bonds is 7. The molecule has 8 heteroatoms. The molecule has 0 N–H and O–H groups in total. The Morgan fingerprint density at radius 2 is 1.56 bits per heavy atom. The van der Waals surface area contributed by atoms with Crippen molar-refractivity contribution < 1.29 is 12.8 Å². The summed E-state index contributed by atoms with van der Waals surface area (Å²) in [6.45, 7) is 9.76. The first kappa shape index (κ1) is 22.2. The standard InChI is InChI=1S/C24H27N3O4S/c1-5-26(6-2)16-13-14-19-20(15-16)31-23-21(25-19)17-11-9-10-12-18(17)22(28)24(23)32(29,30)27(7-3)8-4/h9-15H,5-8H2,1-4H3. The van der Waals surface area contributed by atoms with E-state index in [4.69, 9.17) is 9.40 Å². The molecule has 0 fully saturated rings. The fourth-order valence-corrected chi connectivity index (χ4v) is 5.82. The molecule has 0 spiro atoms. The van der Waals surface area contributed by atoms with E-state index in [1.807, 2.05) is 18.2 Å². The minimum Gasteiger partial charge on any atom is -0.451 e. The quantitative estimate of drug-likeness (QED) is 0.306. The molecule has 0 aromatic heterocycles. The van der Waals surface area contributed by atoms with E-state index in [9.17, 15) is 13.2 Å². The van der Waals surface area contributed by atoms with Crippen LogP contribution in [0, 0.1) is 0 Å². The van der Waals surface area contributed by atoms with E-state index in [0.29, 0.717) is 27.6 Å². The van der Waals surface area contributed by atoms with Gasteiger partial charge in [0.05, 0.1) is 0 Å². The molecule has 2 aromatic carbocycles. The van der Waals surface area contributed by atoms with Crippen LogP contribution in [0.25, 0.3) is 33.3 Å². The maximum Gasteiger partial charge on any atom is 0.250 e. The topological polar surface area (TPSA) is 83.7 Å². The fraction of sp³-hybridized carbons (Fsp3) is 0.333. The first-order valence-electron chi connectivity index (χ1n) is 10.9. The highest BCUT2D eigenvalue weighted by Gasteiger charge is 2.34. The summed E-state index contributed by atoms with van der Waals surface area (Å²) in [6.07, 6.45) is 0. The lowest BCUT2D eigenvalue weighted by Crippen LogP contribution is -2.34. The Morgan fingerprint density at radius 1 is 0.906 bits per heavy atom. The van der Waals surface area contributed by atoms with Crippen LogP contribution in [-0.4, -0.2) is 43.9 Å². The van der Waals surface area contributed by atoms with Gasteiger partial charge >= 0.3 is 0 Å². The highest BCUT2D eigenvalue weighted by molar-refractivity contribution is 7.89. The van der Waals surface area contributed by atoms with Crippen molar-refractivity contribution >= 4 is 37.6 Å². The van der Waals surface area contributed by atoms with Gasteiger partial charge < -0.3 is 9.32 Å². The molecular formula is C24H27N3O4S. The van der Waals surface area contributed by atoms with Gasteiger partial charge in [-0.15, -0.1) is 0 Å². The number of fused-ring (bicyclic) bond motifs is 4. The predicted octanol–water partition coefficient (Wildman–Crippen LogP) is 4.32. The van der Waals surface area contributed by atoms with Crippen LogP contribution in [0.2, 0.25) is 0 Å². The Kier molecular flexibility index (Phi) is 5.92. The molecule has 7 nitrogen and oxygen atoms in total. The molecule has 1 aliphatic heterocycles. The zero-order valence-corrected chi connectivity index (χ0v) is 19.6. The Hall–Kier alpha value is -2.97. The Balaban J connectivity index is 2.15. The summed E-state index contributed by atoms with van der Waals surface area (Å²) in [6, 6.07) is 12.6. The molecule has 2 aromatic rings. The number of benzene rings is 3. The lowest BCUT2D eigenvalue weighted by molar-refractivity contribution is 0.442. The monoisotopic (exact) mass is 453 g/mol. The minimum absolute atomic E-state index is 0.00444. The maximum atomic E-state index is 13.5. The highest BCUT2D eigenvalue weighted by Crippen LogP contribution is 2.36. The smallest absolute Gasteiger partial charge is 0.250 e. The van der Waals surface area contributed by atoms with E-state index < -0.39 is 15.5 Å². The SMILES string of the molecule is CCN(CC)c1ccc2nc3c4ccccc4c(=O)c(S(=O)(=O)N(CC)CC)c-3oc2c1. The molecule has 1 aliphatic carbocycles. The summed E-state index contributed by atoms with van der Waals surface area (Å²) in [4.78, 5) is 20.0. The van der Waals surface area contributed by atoms with E-state index in [1.165, 1.54) is 4.31 Å². The Bertz CT molecular complexity index is 1420. The van der Waals surface area contributed by atoms with Crippen LogP contribution in [0.5, 0.6) is 0 Å². The van der Waals surface area contributed by atoms with Crippen LogP contribution >= 0.6 is 0 Å². The minimum atomic E-state index is -4.08. The maximum absolute atomic E-state index is 13.5. The van der Waals surface area contributed by atoms with Crippen LogP contribution in [-0.2, 0) is 10.0 Å². The molecule has 4 rings (SSSR count). The van der Waals surface area contributed by atoms with Crippen molar-refractivity contribution in [3.05, 3.63) is 52.7 Å². The molecule has 0 radical (unpaired) electrons. The third-order valence-corrected chi connectivity index (χ3v) is 7.96. The van der Waals surface area contributed by atoms with Gasteiger partial charge in [-0.2, -0.15) is 4.31 Å². The van der Waals surface area contributed by atoms with Crippen LogP contribution in [0.15, 0.2) is 56.6 Å². The molecule has 2 aliphatic rings. The van der Waals surface area contributed by atoms with Crippen molar-refractivity contribution in [1.82, 2.24) is 9.29 Å². The van der Waals surface area contributed by atoms with Crippen LogP contribution in [0.3, 0.4) is 0 Å². The number of anilines is 1. The van der Waals surface area contributed by atoms with E-state index in [1.54, 1.807) is 38.1 Å². The van der Waals surface area contributed by atoms with Gasteiger partial charge in [0.15, 0.2) is 16.2 Å². The lowest BCUT2D eigenvalue weighted by Gasteiger charge is -2.22. The lowest BCUT2D eigenvalue weighted by atomic mass is 10.0. The van der Waals surface area contributed by atoms with Gasteiger partial charge in [0.1, 0.15) is 11.2 Å². The second kappa shape index (κ2) is 8.52. The Labute approximate surface area is 187 Å². The van der Waals surface area contributed by atoms with Gasteiger partial charge in [-0.3, -0.25) is 4.79 Å². The number of hydrogen-bond donors (Lipinski definition) is 0. The molecule has 0 bridgehead atoms. The van der Waals surface area contributed by atoms with Crippen LogP contribution < -0.4 is 10.3 Å². The van der Waals surface area contributed by atoms with Crippen molar-refractivity contribution in [2.75, 3.05) is 31.1 Å². The van der Waals surface area contributed by atoms with Crippen molar-refractivity contribution in [1.29, 1.82) is 0 Å². The summed E-state index contributed by atoms with van der Waals surface area (Å²) in [5.41, 5.74) is 1.79. The van der Waals surface area contributed by atoms with E-state index in [2.05, 4.69) is 18.7 Å². The zero-order valence-electron chi connectivity index (χ0n) is 18.8. The second-order valence-corrected chi connectivity index (χ2v) is 9.38. The molecule has 0 saturated heterocycles. The first-order valence-corrected chi connectivity index (χ1v) is 12.4. The van der Waals surface area contributed by atoms with Gasteiger partial charge in [0, 0.05) is 48.7 Å². The number of hydrogen-bond acceptors (Lipinski definition) is 6. The van der Waals surface area contributed by atoms with Gasteiger partial charge in [0.25, 0.3) is 10.0 Å². The summed E-state index contributed by atoms with van der Waals surface area (Å²) in [7, 11) is -4.08.